The van der Waals surface area contributed by atoms with E-state index in [0.717, 1.165) is 22.8 Å². The summed E-state index contributed by atoms with van der Waals surface area (Å²) in [6.45, 7) is 4.97. The molecule has 0 radical (unpaired) electrons. The van der Waals surface area contributed by atoms with Crippen molar-refractivity contribution in [1.82, 2.24) is 0 Å². The number of nitrogens with zero attached hydrogens (tertiary/aromatic N) is 2. The van der Waals surface area contributed by atoms with Crippen LogP contribution in [0.3, 0.4) is 0 Å². The molecule has 0 heterocycles. The van der Waals surface area contributed by atoms with E-state index in [9.17, 15) is 10.1 Å². The van der Waals surface area contributed by atoms with Crippen LogP contribution < -0.4 is 4.90 Å². The highest BCUT2D eigenvalue weighted by atomic mass is 32.2. The van der Waals surface area contributed by atoms with Gasteiger partial charge >= 0.3 is 5.97 Å². The molecule has 0 atom stereocenters. The first-order chi connectivity index (χ1) is 9.67. The van der Waals surface area contributed by atoms with E-state index in [1.54, 1.807) is 11.8 Å². The number of rotatable bonds is 7. The molecule has 0 N–H and O–H groups in total. The lowest BCUT2D eigenvalue weighted by molar-refractivity contribution is -0.138. The maximum absolute atomic E-state index is 11.5. The quantitative estimate of drug-likeness (QED) is 0.571. The molecule has 1 aromatic rings. The predicted octanol–water partition coefficient (Wildman–Crippen LogP) is 3.06. The number of hydrogen-bond acceptors (Lipinski definition) is 5. The highest BCUT2D eigenvalue weighted by Crippen LogP contribution is 2.30. The number of carbonyl (C=O) groups excluding carboxylic acids is 1. The molecular weight excluding hydrogens is 272 g/mol. The van der Waals surface area contributed by atoms with Crippen LogP contribution in [-0.4, -0.2) is 31.9 Å². The smallest absolute Gasteiger partial charge is 0.325 e. The third-order valence-electron chi connectivity index (χ3n) is 2.80. The lowest BCUT2D eigenvalue weighted by atomic mass is 10.1. The summed E-state index contributed by atoms with van der Waals surface area (Å²) in [7, 11) is 1.38. The van der Waals surface area contributed by atoms with Crippen molar-refractivity contribution in [3.05, 3.63) is 23.8 Å². The van der Waals surface area contributed by atoms with Gasteiger partial charge in [-0.25, -0.2) is 0 Å². The molecule has 0 spiro atoms. The SMILES string of the molecule is CCCN(CC(=O)OC)c1cccc(SCC)c1C#N. The molecule has 20 heavy (non-hydrogen) atoms. The van der Waals surface area contributed by atoms with Crippen molar-refractivity contribution in [2.75, 3.05) is 30.9 Å². The fourth-order valence-electron chi connectivity index (χ4n) is 1.95. The van der Waals surface area contributed by atoms with Crippen molar-refractivity contribution >= 4 is 23.4 Å². The summed E-state index contributed by atoms with van der Waals surface area (Å²) < 4.78 is 4.73. The molecule has 0 aliphatic rings. The van der Waals surface area contributed by atoms with Crippen molar-refractivity contribution in [2.24, 2.45) is 0 Å². The van der Waals surface area contributed by atoms with Gasteiger partial charge in [0.15, 0.2) is 0 Å². The van der Waals surface area contributed by atoms with E-state index in [1.807, 2.05) is 30.0 Å². The zero-order chi connectivity index (χ0) is 15.0. The number of thioether (sulfide) groups is 1. The van der Waals surface area contributed by atoms with Gasteiger partial charge in [0.25, 0.3) is 0 Å². The van der Waals surface area contributed by atoms with E-state index in [1.165, 1.54) is 7.11 Å². The molecule has 0 aliphatic carbocycles. The minimum absolute atomic E-state index is 0.166. The number of benzene rings is 1. The van der Waals surface area contributed by atoms with Gasteiger partial charge in [-0.2, -0.15) is 5.26 Å². The van der Waals surface area contributed by atoms with Crippen LogP contribution in [0.25, 0.3) is 0 Å². The average Bonchev–Trinajstić information content (AvgIpc) is 2.46. The first-order valence-corrected chi connectivity index (χ1v) is 7.64. The van der Waals surface area contributed by atoms with Crippen LogP contribution in [0.2, 0.25) is 0 Å². The van der Waals surface area contributed by atoms with E-state index in [4.69, 9.17) is 4.74 Å². The molecular formula is C15H20N2O2S. The topological polar surface area (TPSA) is 53.3 Å². The van der Waals surface area contributed by atoms with Gasteiger partial charge in [0, 0.05) is 11.4 Å². The van der Waals surface area contributed by atoms with Gasteiger partial charge in [-0.3, -0.25) is 4.79 Å². The molecule has 1 aromatic carbocycles. The predicted molar refractivity (Wildman–Crippen MR) is 82.1 cm³/mol. The van der Waals surface area contributed by atoms with E-state index in [0.29, 0.717) is 12.1 Å². The summed E-state index contributed by atoms with van der Waals surface area (Å²) in [6.07, 6.45) is 0.896. The Labute approximate surface area is 124 Å². The summed E-state index contributed by atoms with van der Waals surface area (Å²) in [6, 6.07) is 8.02. The Bertz CT molecular complexity index is 497. The van der Waals surface area contributed by atoms with Crippen molar-refractivity contribution in [2.45, 2.75) is 25.2 Å². The Kier molecular flexibility index (Phi) is 6.96. The third kappa shape index (κ3) is 4.17. The summed E-state index contributed by atoms with van der Waals surface area (Å²) in [5.41, 5.74) is 1.44. The van der Waals surface area contributed by atoms with Crippen LogP contribution in [-0.2, 0) is 9.53 Å². The zero-order valence-corrected chi connectivity index (χ0v) is 13.0. The largest absolute Gasteiger partial charge is 0.468 e. The average molecular weight is 292 g/mol. The second kappa shape index (κ2) is 8.49. The van der Waals surface area contributed by atoms with Crippen LogP contribution in [0.5, 0.6) is 0 Å². The van der Waals surface area contributed by atoms with Crippen LogP contribution in [0.4, 0.5) is 5.69 Å². The molecule has 0 aromatic heterocycles. The second-order valence-corrected chi connectivity index (χ2v) is 5.50. The van der Waals surface area contributed by atoms with E-state index >= 15 is 0 Å². The number of anilines is 1. The van der Waals surface area contributed by atoms with Crippen molar-refractivity contribution in [1.29, 1.82) is 5.26 Å². The summed E-state index contributed by atoms with van der Waals surface area (Å²) in [4.78, 5) is 14.4. The Morgan fingerprint density at radius 3 is 2.75 bits per heavy atom. The second-order valence-electron chi connectivity index (χ2n) is 4.19. The zero-order valence-electron chi connectivity index (χ0n) is 12.2. The summed E-state index contributed by atoms with van der Waals surface area (Å²) in [5.74, 6) is 0.610. The molecule has 0 saturated carbocycles. The number of hydrogen-bond donors (Lipinski definition) is 0. The molecule has 0 aliphatic heterocycles. The third-order valence-corrected chi connectivity index (χ3v) is 3.74. The number of nitriles is 1. The molecule has 1 rings (SSSR count). The van der Waals surface area contributed by atoms with Crippen molar-refractivity contribution in [3.8, 4) is 6.07 Å². The molecule has 0 saturated heterocycles. The van der Waals surface area contributed by atoms with Gasteiger partial charge in [-0.05, 0) is 24.3 Å². The minimum atomic E-state index is -0.295. The Hall–Kier alpha value is -1.67. The molecule has 5 heteroatoms. The van der Waals surface area contributed by atoms with Gasteiger partial charge < -0.3 is 9.64 Å². The minimum Gasteiger partial charge on any atom is -0.468 e. The first kappa shape index (κ1) is 16.4. The Morgan fingerprint density at radius 1 is 1.45 bits per heavy atom. The fraction of sp³-hybridized carbons (Fsp3) is 0.467. The highest BCUT2D eigenvalue weighted by molar-refractivity contribution is 7.99. The maximum atomic E-state index is 11.5. The standard InChI is InChI=1S/C15H20N2O2S/c1-4-9-17(11-15(18)19-3)13-7-6-8-14(20-5-2)12(13)10-16/h6-8H,4-5,9,11H2,1-3H3. The number of esters is 1. The summed E-state index contributed by atoms with van der Waals surface area (Å²) >= 11 is 1.64. The Balaban J connectivity index is 3.15. The summed E-state index contributed by atoms with van der Waals surface area (Å²) in [5, 5.41) is 9.43. The molecule has 4 nitrogen and oxygen atoms in total. The maximum Gasteiger partial charge on any atom is 0.325 e. The lowest BCUT2D eigenvalue weighted by Gasteiger charge is -2.24. The first-order valence-electron chi connectivity index (χ1n) is 6.65. The van der Waals surface area contributed by atoms with Crippen LogP contribution in [0.1, 0.15) is 25.8 Å². The van der Waals surface area contributed by atoms with E-state index in [-0.39, 0.29) is 12.5 Å². The number of ether oxygens (including phenoxy) is 1. The van der Waals surface area contributed by atoms with E-state index < -0.39 is 0 Å². The highest BCUT2D eigenvalue weighted by Gasteiger charge is 2.17. The fourth-order valence-corrected chi connectivity index (χ4v) is 2.73. The van der Waals surface area contributed by atoms with Crippen molar-refractivity contribution < 1.29 is 9.53 Å². The van der Waals surface area contributed by atoms with Gasteiger partial charge in [-0.15, -0.1) is 11.8 Å². The molecule has 108 valence electrons. The number of methoxy groups -OCH3 is 1. The lowest BCUT2D eigenvalue weighted by Crippen LogP contribution is -2.31. The van der Waals surface area contributed by atoms with Crippen molar-refractivity contribution in [3.63, 3.8) is 0 Å². The van der Waals surface area contributed by atoms with E-state index in [2.05, 4.69) is 13.0 Å². The normalized spacial score (nSPS) is 9.90. The monoisotopic (exact) mass is 292 g/mol. The Morgan fingerprint density at radius 2 is 2.20 bits per heavy atom. The van der Waals surface area contributed by atoms with Gasteiger partial charge in [0.1, 0.15) is 12.6 Å². The molecule has 0 amide bonds. The van der Waals surface area contributed by atoms with Crippen LogP contribution in [0.15, 0.2) is 23.1 Å². The molecule has 0 bridgehead atoms. The van der Waals surface area contributed by atoms with Gasteiger partial charge in [0.2, 0.25) is 0 Å². The van der Waals surface area contributed by atoms with Crippen LogP contribution in [0, 0.1) is 11.3 Å². The molecule has 0 fully saturated rings. The van der Waals surface area contributed by atoms with Gasteiger partial charge in [0.05, 0.1) is 18.4 Å². The van der Waals surface area contributed by atoms with Crippen LogP contribution >= 0.6 is 11.8 Å². The number of carbonyl (C=O) groups is 1. The van der Waals surface area contributed by atoms with Gasteiger partial charge in [-0.1, -0.05) is 19.9 Å². The molecule has 0 unspecified atom stereocenters.